The van der Waals surface area contributed by atoms with Crippen molar-refractivity contribution < 1.29 is 9.15 Å². The molecule has 0 saturated carbocycles. The number of nitrogen functional groups attached to an aromatic ring is 1. The van der Waals surface area contributed by atoms with Crippen LogP contribution in [0.25, 0.3) is 16.6 Å². The van der Waals surface area contributed by atoms with E-state index in [0.717, 1.165) is 41.6 Å². The van der Waals surface area contributed by atoms with Crippen molar-refractivity contribution in [1.82, 2.24) is 29.5 Å². The second-order valence-electron chi connectivity index (χ2n) is 7.15. The standard InChI is InChI=1S/C19H21N7O2/c1-10(25-8-13-15(9-25)28-11(2)21-13)7-16-22-18-12-5-4-6-14(27-3)17(12)23-19(20)26(18)24-16/h4-6,10H,7-9H2,1-3H3,(H2,20,23). The molecular weight excluding hydrogens is 358 g/mol. The maximum atomic E-state index is 6.13. The van der Waals surface area contributed by atoms with Gasteiger partial charge in [0.25, 0.3) is 0 Å². The molecule has 1 unspecified atom stereocenters. The maximum Gasteiger partial charge on any atom is 0.223 e. The number of nitrogens with two attached hydrogens (primary N) is 1. The molecule has 0 radical (unpaired) electrons. The summed E-state index contributed by atoms with van der Waals surface area (Å²) >= 11 is 0. The van der Waals surface area contributed by atoms with Crippen molar-refractivity contribution in [3.8, 4) is 5.75 Å². The molecule has 9 nitrogen and oxygen atoms in total. The topological polar surface area (TPSA) is 108 Å². The molecule has 1 aromatic carbocycles. The van der Waals surface area contributed by atoms with Crippen LogP contribution in [-0.2, 0) is 19.5 Å². The summed E-state index contributed by atoms with van der Waals surface area (Å²) < 4.78 is 12.7. The van der Waals surface area contributed by atoms with Gasteiger partial charge in [0.05, 0.1) is 19.3 Å². The molecule has 28 heavy (non-hydrogen) atoms. The fourth-order valence-electron chi connectivity index (χ4n) is 3.82. The fraction of sp³-hybridized carbons (Fsp3) is 0.368. The van der Waals surface area contributed by atoms with Crippen LogP contribution in [0.3, 0.4) is 0 Å². The first-order valence-electron chi connectivity index (χ1n) is 9.20. The summed E-state index contributed by atoms with van der Waals surface area (Å²) in [6.07, 6.45) is 0.690. The van der Waals surface area contributed by atoms with Gasteiger partial charge in [-0.25, -0.2) is 15.0 Å². The number of para-hydroxylation sites is 1. The van der Waals surface area contributed by atoms with Gasteiger partial charge < -0.3 is 14.9 Å². The van der Waals surface area contributed by atoms with E-state index in [9.17, 15) is 0 Å². The number of methoxy groups -OCH3 is 1. The molecule has 5 rings (SSSR count). The highest BCUT2D eigenvalue weighted by Crippen LogP contribution is 2.28. The third-order valence-corrected chi connectivity index (χ3v) is 5.24. The lowest BCUT2D eigenvalue weighted by Gasteiger charge is -2.21. The number of oxazole rings is 1. The quantitative estimate of drug-likeness (QED) is 0.574. The van der Waals surface area contributed by atoms with Crippen molar-refractivity contribution in [2.24, 2.45) is 0 Å². The molecule has 1 atom stereocenters. The monoisotopic (exact) mass is 379 g/mol. The molecule has 0 bridgehead atoms. The Morgan fingerprint density at radius 2 is 2.11 bits per heavy atom. The van der Waals surface area contributed by atoms with Gasteiger partial charge in [-0.05, 0) is 19.1 Å². The molecule has 4 heterocycles. The smallest absolute Gasteiger partial charge is 0.223 e. The van der Waals surface area contributed by atoms with E-state index in [-0.39, 0.29) is 6.04 Å². The Morgan fingerprint density at radius 1 is 1.25 bits per heavy atom. The molecule has 0 spiro atoms. The molecule has 0 fully saturated rings. The zero-order valence-corrected chi connectivity index (χ0v) is 16.0. The average molecular weight is 379 g/mol. The van der Waals surface area contributed by atoms with Gasteiger partial charge in [0.1, 0.15) is 17.0 Å². The summed E-state index contributed by atoms with van der Waals surface area (Å²) in [5.74, 6) is 3.36. The van der Waals surface area contributed by atoms with Crippen LogP contribution in [0, 0.1) is 6.92 Å². The van der Waals surface area contributed by atoms with Gasteiger partial charge in [0.15, 0.2) is 17.4 Å². The van der Waals surface area contributed by atoms with Gasteiger partial charge in [-0.15, -0.1) is 5.10 Å². The fourth-order valence-corrected chi connectivity index (χ4v) is 3.82. The Morgan fingerprint density at radius 3 is 2.89 bits per heavy atom. The summed E-state index contributed by atoms with van der Waals surface area (Å²) in [5.41, 5.74) is 8.54. The van der Waals surface area contributed by atoms with E-state index in [4.69, 9.17) is 19.9 Å². The highest BCUT2D eigenvalue weighted by molar-refractivity contribution is 5.95. The van der Waals surface area contributed by atoms with Gasteiger partial charge >= 0.3 is 0 Å². The third kappa shape index (κ3) is 2.58. The molecule has 0 amide bonds. The molecule has 144 valence electrons. The minimum absolute atomic E-state index is 0.233. The van der Waals surface area contributed by atoms with Crippen LogP contribution in [0.2, 0.25) is 0 Å². The molecule has 0 aliphatic carbocycles. The van der Waals surface area contributed by atoms with E-state index in [2.05, 4.69) is 26.9 Å². The Bertz CT molecular complexity index is 1170. The number of fused-ring (bicyclic) bond motifs is 4. The van der Waals surface area contributed by atoms with Crippen LogP contribution >= 0.6 is 0 Å². The lowest BCUT2D eigenvalue weighted by molar-refractivity contribution is 0.196. The molecule has 9 heteroatoms. The van der Waals surface area contributed by atoms with Crippen LogP contribution in [0.15, 0.2) is 22.6 Å². The summed E-state index contributed by atoms with van der Waals surface area (Å²) in [6, 6.07) is 5.96. The molecular formula is C19H21N7O2. The second kappa shape index (κ2) is 6.16. The van der Waals surface area contributed by atoms with E-state index >= 15 is 0 Å². The molecule has 1 aliphatic rings. The maximum absolute atomic E-state index is 6.13. The number of anilines is 1. The Kier molecular flexibility index (Phi) is 3.73. The molecule has 2 N–H and O–H groups in total. The lowest BCUT2D eigenvalue weighted by atomic mass is 10.2. The first kappa shape index (κ1) is 16.9. The minimum Gasteiger partial charge on any atom is -0.494 e. The van der Waals surface area contributed by atoms with E-state index in [1.54, 1.807) is 11.6 Å². The zero-order chi connectivity index (χ0) is 19.4. The van der Waals surface area contributed by atoms with E-state index in [1.807, 2.05) is 25.1 Å². The molecule has 1 aliphatic heterocycles. The average Bonchev–Trinajstić information content (AvgIpc) is 3.34. The van der Waals surface area contributed by atoms with Gasteiger partial charge in [0.2, 0.25) is 5.95 Å². The Hall–Kier alpha value is -3.20. The Labute approximate surface area is 161 Å². The number of aryl methyl sites for hydroxylation is 1. The van der Waals surface area contributed by atoms with Crippen molar-refractivity contribution in [3.63, 3.8) is 0 Å². The van der Waals surface area contributed by atoms with Gasteiger partial charge in [-0.2, -0.15) is 4.52 Å². The predicted octanol–water partition coefficient (Wildman–Crippen LogP) is 2.11. The van der Waals surface area contributed by atoms with Gasteiger partial charge in [0, 0.05) is 31.3 Å². The highest BCUT2D eigenvalue weighted by atomic mass is 16.5. The summed E-state index contributed by atoms with van der Waals surface area (Å²) in [5, 5.41) is 5.45. The first-order chi connectivity index (χ1) is 13.5. The third-order valence-electron chi connectivity index (χ3n) is 5.24. The minimum atomic E-state index is 0.233. The van der Waals surface area contributed by atoms with E-state index in [1.165, 1.54) is 0 Å². The number of benzene rings is 1. The first-order valence-corrected chi connectivity index (χ1v) is 9.20. The predicted molar refractivity (Wildman–Crippen MR) is 103 cm³/mol. The zero-order valence-electron chi connectivity index (χ0n) is 16.0. The molecule has 0 saturated heterocycles. The summed E-state index contributed by atoms with van der Waals surface area (Å²) in [6.45, 7) is 5.58. The summed E-state index contributed by atoms with van der Waals surface area (Å²) in [7, 11) is 1.62. The van der Waals surface area contributed by atoms with Crippen LogP contribution in [-0.4, -0.2) is 42.6 Å². The number of aromatic nitrogens is 5. The molecule has 3 aromatic heterocycles. The van der Waals surface area contributed by atoms with Crippen LogP contribution in [0.5, 0.6) is 5.75 Å². The van der Waals surface area contributed by atoms with E-state index in [0.29, 0.717) is 29.3 Å². The number of nitrogens with zero attached hydrogens (tertiary/aromatic N) is 6. The normalized spacial score (nSPS) is 15.4. The van der Waals surface area contributed by atoms with Crippen molar-refractivity contribution >= 4 is 22.5 Å². The van der Waals surface area contributed by atoms with E-state index < -0.39 is 0 Å². The van der Waals surface area contributed by atoms with Crippen LogP contribution in [0.1, 0.15) is 30.1 Å². The number of rotatable bonds is 4. The van der Waals surface area contributed by atoms with Gasteiger partial charge in [-0.3, -0.25) is 4.90 Å². The van der Waals surface area contributed by atoms with Crippen LogP contribution in [0.4, 0.5) is 5.95 Å². The van der Waals surface area contributed by atoms with Crippen molar-refractivity contribution in [2.45, 2.75) is 39.4 Å². The SMILES string of the molecule is COc1cccc2c1nc(N)n1nc(CC(C)N3Cc4nc(C)oc4C3)nc21. The lowest BCUT2D eigenvalue weighted by Crippen LogP contribution is -2.30. The van der Waals surface area contributed by atoms with Crippen molar-refractivity contribution in [1.29, 1.82) is 0 Å². The van der Waals surface area contributed by atoms with Crippen molar-refractivity contribution in [3.05, 3.63) is 41.4 Å². The van der Waals surface area contributed by atoms with Crippen LogP contribution < -0.4 is 10.5 Å². The number of hydrogen-bond donors (Lipinski definition) is 1. The van der Waals surface area contributed by atoms with Gasteiger partial charge in [-0.1, -0.05) is 6.07 Å². The van der Waals surface area contributed by atoms with Crippen molar-refractivity contribution in [2.75, 3.05) is 12.8 Å². The summed E-state index contributed by atoms with van der Waals surface area (Å²) in [4.78, 5) is 16.0. The Balaban J connectivity index is 1.46. The second-order valence-corrected chi connectivity index (χ2v) is 7.15. The number of ether oxygens (including phenoxy) is 1. The largest absolute Gasteiger partial charge is 0.494 e. The molecule has 4 aromatic rings. The highest BCUT2D eigenvalue weighted by Gasteiger charge is 2.28. The number of hydrogen-bond acceptors (Lipinski definition) is 8.